The second kappa shape index (κ2) is 6.92. The average Bonchev–Trinajstić information content (AvgIpc) is 3.32. The van der Waals surface area contributed by atoms with E-state index in [1.54, 1.807) is 6.26 Å². The zero-order valence-electron chi connectivity index (χ0n) is 14.6. The van der Waals surface area contributed by atoms with E-state index in [4.69, 9.17) is 18.4 Å². The van der Waals surface area contributed by atoms with Crippen molar-refractivity contribution >= 4 is 11.0 Å². The molecule has 4 rings (SSSR count). The second-order valence-electron chi connectivity index (χ2n) is 5.62. The number of furan rings is 1. The Hall–Kier alpha value is -3.28. The van der Waals surface area contributed by atoms with Crippen LogP contribution in [-0.4, -0.2) is 23.4 Å². The van der Waals surface area contributed by atoms with Crippen LogP contribution in [0.4, 0.5) is 0 Å². The zero-order chi connectivity index (χ0) is 17.9. The van der Waals surface area contributed by atoms with Gasteiger partial charge in [-0.3, -0.25) is 0 Å². The van der Waals surface area contributed by atoms with Crippen molar-refractivity contribution in [3.8, 4) is 34.3 Å². The third-order valence-electron chi connectivity index (χ3n) is 3.93. The van der Waals surface area contributed by atoms with Crippen molar-refractivity contribution in [1.29, 1.82) is 0 Å². The Morgan fingerprint density at radius 3 is 2.54 bits per heavy atom. The molecule has 0 aliphatic rings. The van der Waals surface area contributed by atoms with Gasteiger partial charge in [-0.2, -0.15) is 4.98 Å². The first-order valence-electron chi connectivity index (χ1n) is 8.50. The van der Waals surface area contributed by atoms with Crippen molar-refractivity contribution in [3.05, 3.63) is 48.7 Å². The van der Waals surface area contributed by atoms with Crippen LogP contribution in [0.3, 0.4) is 0 Å². The molecule has 2 aromatic heterocycles. The summed E-state index contributed by atoms with van der Waals surface area (Å²) in [6.07, 6.45) is 1.66. The van der Waals surface area contributed by atoms with Crippen LogP contribution in [0.15, 0.2) is 57.7 Å². The molecule has 6 nitrogen and oxygen atoms in total. The molecule has 0 aliphatic carbocycles. The summed E-state index contributed by atoms with van der Waals surface area (Å²) in [5.74, 6) is 2.31. The fraction of sp³-hybridized carbons (Fsp3) is 0.200. The van der Waals surface area contributed by atoms with Crippen LogP contribution in [0, 0.1) is 0 Å². The summed E-state index contributed by atoms with van der Waals surface area (Å²) < 4.78 is 22.1. The van der Waals surface area contributed by atoms with Gasteiger partial charge in [-0.1, -0.05) is 5.16 Å². The summed E-state index contributed by atoms with van der Waals surface area (Å²) in [5.41, 5.74) is 2.47. The molecular weight excluding hydrogens is 332 g/mol. The highest BCUT2D eigenvalue weighted by Gasteiger charge is 2.14. The number of hydrogen-bond donors (Lipinski definition) is 0. The maximum absolute atomic E-state index is 5.66. The molecule has 26 heavy (non-hydrogen) atoms. The van der Waals surface area contributed by atoms with Crippen LogP contribution in [0.2, 0.25) is 0 Å². The highest BCUT2D eigenvalue weighted by Crippen LogP contribution is 2.33. The number of nitrogens with zero attached hydrogens (tertiary/aromatic N) is 2. The van der Waals surface area contributed by atoms with E-state index in [1.807, 2.05) is 56.3 Å². The fourth-order valence-corrected chi connectivity index (χ4v) is 2.75. The van der Waals surface area contributed by atoms with Crippen molar-refractivity contribution in [2.45, 2.75) is 13.8 Å². The molecule has 0 unspecified atom stereocenters. The fourth-order valence-electron chi connectivity index (χ4n) is 2.75. The van der Waals surface area contributed by atoms with Crippen LogP contribution >= 0.6 is 0 Å². The molecule has 0 spiro atoms. The van der Waals surface area contributed by atoms with Gasteiger partial charge in [-0.05, 0) is 56.3 Å². The lowest BCUT2D eigenvalue weighted by Gasteiger charge is -2.11. The van der Waals surface area contributed by atoms with E-state index >= 15 is 0 Å². The van der Waals surface area contributed by atoms with Crippen molar-refractivity contribution in [3.63, 3.8) is 0 Å². The molecule has 0 saturated heterocycles. The predicted octanol–water partition coefficient (Wildman–Crippen LogP) is 4.95. The van der Waals surface area contributed by atoms with E-state index in [0.29, 0.717) is 36.4 Å². The molecule has 6 heteroatoms. The topological polar surface area (TPSA) is 70.5 Å². The molecule has 0 amide bonds. The lowest BCUT2D eigenvalue weighted by molar-refractivity contribution is 0.288. The second-order valence-corrected chi connectivity index (χ2v) is 5.62. The van der Waals surface area contributed by atoms with Gasteiger partial charge in [-0.15, -0.1) is 0 Å². The van der Waals surface area contributed by atoms with Gasteiger partial charge < -0.3 is 18.4 Å². The summed E-state index contributed by atoms with van der Waals surface area (Å²) in [7, 11) is 0. The molecule has 132 valence electrons. The molecule has 4 aromatic rings. The van der Waals surface area contributed by atoms with E-state index < -0.39 is 0 Å². The van der Waals surface area contributed by atoms with Crippen molar-refractivity contribution in [2.24, 2.45) is 0 Å². The Kier molecular flexibility index (Phi) is 4.31. The lowest BCUT2D eigenvalue weighted by atomic mass is 10.1. The van der Waals surface area contributed by atoms with E-state index in [-0.39, 0.29) is 0 Å². The third-order valence-corrected chi connectivity index (χ3v) is 3.93. The predicted molar refractivity (Wildman–Crippen MR) is 97.3 cm³/mol. The minimum Gasteiger partial charge on any atom is -0.490 e. The number of ether oxygens (including phenoxy) is 2. The standard InChI is InChI=1S/C20H18N2O4/c1-3-23-17-8-6-15(12-18(17)24-4-2)20-21-19(22-26-20)14-5-7-16-13(11-14)9-10-25-16/h5-12H,3-4H2,1-2H3. The van der Waals surface area contributed by atoms with Crippen molar-refractivity contribution in [2.75, 3.05) is 13.2 Å². The maximum atomic E-state index is 5.66. The molecule has 0 aliphatic heterocycles. The first-order chi connectivity index (χ1) is 12.8. The molecular formula is C20H18N2O4. The van der Waals surface area contributed by atoms with Gasteiger partial charge in [0.25, 0.3) is 5.89 Å². The van der Waals surface area contributed by atoms with Gasteiger partial charge in [0.1, 0.15) is 5.58 Å². The summed E-state index contributed by atoms with van der Waals surface area (Å²) in [5, 5.41) is 5.09. The molecule has 0 fully saturated rings. The molecule has 0 bridgehead atoms. The van der Waals surface area contributed by atoms with Gasteiger partial charge in [0, 0.05) is 16.5 Å². The summed E-state index contributed by atoms with van der Waals surface area (Å²) in [6, 6.07) is 13.3. The van der Waals surface area contributed by atoms with E-state index in [2.05, 4.69) is 10.1 Å². The van der Waals surface area contributed by atoms with Crippen LogP contribution in [-0.2, 0) is 0 Å². The smallest absolute Gasteiger partial charge is 0.258 e. The SMILES string of the molecule is CCOc1ccc(-c2nc(-c3ccc4occc4c3)no2)cc1OCC. The Labute approximate surface area is 150 Å². The first-order valence-corrected chi connectivity index (χ1v) is 8.50. The quantitative estimate of drug-likeness (QED) is 0.490. The van der Waals surface area contributed by atoms with Gasteiger partial charge in [0.05, 0.1) is 19.5 Å². The van der Waals surface area contributed by atoms with Crippen LogP contribution in [0.5, 0.6) is 11.5 Å². The number of rotatable bonds is 6. The van der Waals surface area contributed by atoms with Gasteiger partial charge in [0.15, 0.2) is 11.5 Å². The largest absolute Gasteiger partial charge is 0.490 e. The summed E-state index contributed by atoms with van der Waals surface area (Å²) in [4.78, 5) is 4.51. The highest BCUT2D eigenvalue weighted by molar-refractivity contribution is 5.82. The normalized spacial score (nSPS) is 11.0. The lowest BCUT2D eigenvalue weighted by Crippen LogP contribution is -1.98. The van der Waals surface area contributed by atoms with Crippen LogP contribution < -0.4 is 9.47 Å². The average molecular weight is 350 g/mol. The molecule has 0 N–H and O–H groups in total. The number of benzene rings is 2. The van der Waals surface area contributed by atoms with E-state index in [9.17, 15) is 0 Å². The molecule has 0 saturated carbocycles. The monoisotopic (exact) mass is 350 g/mol. The Morgan fingerprint density at radius 1 is 0.885 bits per heavy atom. The number of hydrogen-bond acceptors (Lipinski definition) is 6. The van der Waals surface area contributed by atoms with E-state index in [0.717, 1.165) is 22.1 Å². The van der Waals surface area contributed by atoms with Gasteiger partial charge in [-0.25, -0.2) is 0 Å². The first kappa shape index (κ1) is 16.2. The van der Waals surface area contributed by atoms with Crippen molar-refractivity contribution < 1.29 is 18.4 Å². The zero-order valence-corrected chi connectivity index (χ0v) is 14.6. The van der Waals surface area contributed by atoms with Crippen LogP contribution in [0.25, 0.3) is 33.8 Å². The van der Waals surface area contributed by atoms with Crippen molar-refractivity contribution in [1.82, 2.24) is 10.1 Å². The summed E-state index contributed by atoms with van der Waals surface area (Å²) in [6.45, 7) is 4.98. The molecule has 0 radical (unpaired) electrons. The van der Waals surface area contributed by atoms with E-state index in [1.165, 1.54) is 0 Å². The Morgan fingerprint density at radius 2 is 1.69 bits per heavy atom. The third kappa shape index (κ3) is 3.01. The minimum atomic E-state index is 0.427. The molecule has 2 heterocycles. The number of aromatic nitrogens is 2. The van der Waals surface area contributed by atoms with Gasteiger partial charge in [0.2, 0.25) is 5.82 Å². The number of fused-ring (bicyclic) bond motifs is 1. The Balaban J connectivity index is 1.67. The molecule has 2 aromatic carbocycles. The maximum Gasteiger partial charge on any atom is 0.258 e. The molecule has 0 atom stereocenters. The van der Waals surface area contributed by atoms with Gasteiger partial charge >= 0.3 is 0 Å². The summed E-state index contributed by atoms with van der Waals surface area (Å²) >= 11 is 0. The highest BCUT2D eigenvalue weighted by atomic mass is 16.5. The Bertz CT molecular complexity index is 1040. The van der Waals surface area contributed by atoms with Crippen LogP contribution in [0.1, 0.15) is 13.8 Å². The minimum absolute atomic E-state index is 0.427.